The van der Waals surface area contributed by atoms with Gasteiger partial charge in [-0.15, -0.1) is 0 Å². The second-order valence-electron chi connectivity index (χ2n) is 8.32. The SMILES string of the molecule is CCN(c1ccccc1)S(=O)(=O)c1ccc(C(=O)OCC(=O)N[C@H]2CCCc3ccccc32)cc1. The quantitative estimate of drug-likeness (QED) is 0.475. The number of carbonyl (C=O) groups is 2. The van der Waals surface area contributed by atoms with Crippen molar-refractivity contribution in [2.45, 2.75) is 37.1 Å². The van der Waals surface area contributed by atoms with Gasteiger partial charge in [-0.1, -0.05) is 42.5 Å². The Morgan fingerprint density at radius 2 is 1.66 bits per heavy atom. The average molecular weight is 493 g/mol. The van der Waals surface area contributed by atoms with Crippen LogP contribution in [-0.2, 0) is 26.0 Å². The Morgan fingerprint density at radius 3 is 2.37 bits per heavy atom. The largest absolute Gasteiger partial charge is 0.452 e. The molecule has 0 aliphatic heterocycles. The van der Waals surface area contributed by atoms with E-state index in [9.17, 15) is 18.0 Å². The van der Waals surface area contributed by atoms with Gasteiger partial charge in [-0.2, -0.15) is 0 Å². The summed E-state index contributed by atoms with van der Waals surface area (Å²) in [5.41, 5.74) is 3.06. The van der Waals surface area contributed by atoms with Gasteiger partial charge in [-0.3, -0.25) is 9.10 Å². The Morgan fingerprint density at radius 1 is 0.971 bits per heavy atom. The maximum Gasteiger partial charge on any atom is 0.338 e. The molecule has 0 saturated heterocycles. The molecule has 0 radical (unpaired) electrons. The third kappa shape index (κ3) is 5.54. The molecule has 0 aromatic heterocycles. The zero-order valence-electron chi connectivity index (χ0n) is 19.5. The predicted octanol–water partition coefficient (Wildman–Crippen LogP) is 4.25. The number of para-hydroxylation sites is 1. The van der Waals surface area contributed by atoms with Gasteiger partial charge in [0.25, 0.3) is 15.9 Å². The highest BCUT2D eigenvalue weighted by molar-refractivity contribution is 7.92. The predicted molar refractivity (Wildman–Crippen MR) is 134 cm³/mol. The van der Waals surface area contributed by atoms with Crippen molar-refractivity contribution in [3.63, 3.8) is 0 Å². The molecule has 0 unspecified atom stereocenters. The number of benzene rings is 3. The van der Waals surface area contributed by atoms with Gasteiger partial charge in [-0.05, 0) is 73.7 Å². The molecular weight excluding hydrogens is 464 g/mol. The minimum Gasteiger partial charge on any atom is -0.452 e. The number of rotatable bonds is 8. The van der Waals surface area contributed by atoms with Crippen LogP contribution in [0.15, 0.2) is 83.8 Å². The van der Waals surface area contributed by atoms with Crippen molar-refractivity contribution in [3.8, 4) is 0 Å². The van der Waals surface area contributed by atoms with Gasteiger partial charge in [0.15, 0.2) is 6.61 Å². The number of hydrogen-bond acceptors (Lipinski definition) is 5. The second kappa shape index (κ2) is 10.7. The van der Waals surface area contributed by atoms with Crippen LogP contribution in [0.5, 0.6) is 0 Å². The van der Waals surface area contributed by atoms with E-state index < -0.39 is 22.6 Å². The van der Waals surface area contributed by atoms with Crippen molar-refractivity contribution in [1.29, 1.82) is 0 Å². The summed E-state index contributed by atoms with van der Waals surface area (Å²) in [6.07, 6.45) is 2.81. The summed E-state index contributed by atoms with van der Waals surface area (Å²) in [6.45, 7) is 1.61. The number of aryl methyl sites for hydroxylation is 1. The first kappa shape index (κ1) is 24.5. The summed E-state index contributed by atoms with van der Waals surface area (Å²) >= 11 is 0. The van der Waals surface area contributed by atoms with Gasteiger partial charge in [0.2, 0.25) is 0 Å². The summed E-state index contributed by atoms with van der Waals surface area (Å²) in [5, 5.41) is 2.94. The molecule has 35 heavy (non-hydrogen) atoms. The van der Waals surface area contributed by atoms with E-state index in [1.165, 1.54) is 34.1 Å². The average Bonchev–Trinajstić information content (AvgIpc) is 2.88. The van der Waals surface area contributed by atoms with Gasteiger partial charge in [0.1, 0.15) is 0 Å². The van der Waals surface area contributed by atoms with Crippen LogP contribution in [-0.4, -0.2) is 33.4 Å². The number of esters is 1. The third-order valence-corrected chi connectivity index (χ3v) is 7.97. The number of ether oxygens (including phenoxy) is 1. The van der Waals surface area contributed by atoms with E-state index in [0.29, 0.717) is 5.69 Å². The Balaban J connectivity index is 1.37. The lowest BCUT2D eigenvalue weighted by atomic mass is 9.88. The van der Waals surface area contributed by atoms with Crippen molar-refractivity contribution in [3.05, 3.63) is 95.6 Å². The second-order valence-corrected chi connectivity index (χ2v) is 10.2. The van der Waals surface area contributed by atoms with E-state index in [1.807, 2.05) is 24.3 Å². The Hall–Kier alpha value is -3.65. The molecule has 0 bridgehead atoms. The lowest BCUT2D eigenvalue weighted by Gasteiger charge is -2.26. The first-order chi connectivity index (χ1) is 16.9. The first-order valence-electron chi connectivity index (χ1n) is 11.6. The van der Waals surface area contributed by atoms with Crippen LogP contribution >= 0.6 is 0 Å². The molecule has 1 aliphatic carbocycles. The number of sulfonamides is 1. The molecule has 0 fully saturated rings. The molecule has 1 atom stereocenters. The first-order valence-corrected chi connectivity index (χ1v) is 13.1. The summed E-state index contributed by atoms with van der Waals surface area (Å²) in [6, 6.07) is 22.3. The summed E-state index contributed by atoms with van der Waals surface area (Å²) in [5.74, 6) is -1.07. The molecule has 0 saturated carbocycles. The maximum atomic E-state index is 13.1. The molecule has 1 aliphatic rings. The van der Waals surface area contributed by atoms with E-state index in [1.54, 1.807) is 31.2 Å². The number of nitrogens with zero attached hydrogens (tertiary/aromatic N) is 1. The van der Waals surface area contributed by atoms with Crippen LogP contribution in [0.1, 0.15) is 47.3 Å². The molecule has 3 aromatic carbocycles. The molecule has 1 amide bonds. The van der Waals surface area contributed by atoms with Crippen molar-refractivity contribution in [1.82, 2.24) is 5.32 Å². The molecule has 8 heteroatoms. The van der Waals surface area contributed by atoms with Crippen LogP contribution in [0, 0.1) is 0 Å². The fourth-order valence-electron chi connectivity index (χ4n) is 4.33. The normalized spacial score (nSPS) is 15.1. The van der Waals surface area contributed by atoms with Crippen molar-refractivity contribution >= 4 is 27.6 Å². The Kier molecular flexibility index (Phi) is 7.51. The number of carbonyl (C=O) groups excluding carboxylic acids is 2. The number of nitrogens with one attached hydrogen (secondary N) is 1. The highest BCUT2D eigenvalue weighted by atomic mass is 32.2. The molecule has 0 spiro atoms. The number of hydrogen-bond donors (Lipinski definition) is 1. The lowest BCUT2D eigenvalue weighted by molar-refractivity contribution is -0.125. The van der Waals surface area contributed by atoms with Gasteiger partial charge >= 0.3 is 5.97 Å². The van der Waals surface area contributed by atoms with Crippen LogP contribution in [0.25, 0.3) is 0 Å². The molecule has 0 heterocycles. The van der Waals surface area contributed by atoms with Crippen LogP contribution in [0.2, 0.25) is 0 Å². The molecule has 4 rings (SSSR count). The van der Waals surface area contributed by atoms with E-state index in [0.717, 1.165) is 24.8 Å². The lowest BCUT2D eigenvalue weighted by Crippen LogP contribution is -2.34. The van der Waals surface area contributed by atoms with Crippen LogP contribution in [0.3, 0.4) is 0 Å². The number of amides is 1. The standard InChI is InChI=1S/C27H28N2O5S/c1-2-29(22-11-4-3-5-12-22)35(32,33)23-17-15-21(16-18-23)27(31)34-19-26(30)28-25-14-8-10-20-9-6-7-13-24(20)25/h3-7,9,11-13,15-18,25H,2,8,10,14,19H2,1H3,(H,28,30)/t25-/m0/s1. The fourth-order valence-corrected chi connectivity index (χ4v) is 5.80. The Labute approximate surface area is 205 Å². The highest BCUT2D eigenvalue weighted by Gasteiger charge is 2.25. The highest BCUT2D eigenvalue weighted by Crippen LogP contribution is 2.29. The summed E-state index contributed by atoms with van der Waals surface area (Å²) in [4.78, 5) is 24.9. The smallest absolute Gasteiger partial charge is 0.338 e. The minimum absolute atomic E-state index is 0.0634. The zero-order chi connectivity index (χ0) is 24.8. The molecule has 1 N–H and O–H groups in total. The van der Waals surface area contributed by atoms with Crippen molar-refractivity contribution in [2.24, 2.45) is 0 Å². The van der Waals surface area contributed by atoms with Gasteiger partial charge in [0.05, 0.1) is 22.2 Å². The maximum absolute atomic E-state index is 13.1. The fraction of sp³-hybridized carbons (Fsp3) is 0.259. The van der Waals surface area contributed by atoms with Crippen molar-refractivity contribution in [2.75, 3.05) is 17.5 Å². The third-order valence-electron chi connectivity index (χ3n) is 6.05. The molecule has 3 aromatic rings. The van der Waals surface area contributed by atoms with Gasteiger partial charge < -0.3 is 10.1 Å². The molecule has 182 valence electrons. The van der Waals surface area contributed by atoms with E-state index in [4.69, 9.17) is 4.74 Å². The van der Waals surface area contributed by atoms with E-state index in [2.05, 4.69) is 11.4 Å². The van der Waals surface area contributed by atoms with E-state index >= 15 is 0 Å². The van der Waals surface area contributed by atoms with Crippen molar-refractivity contribution < 1.29 is 22.7 Å². The zero-order valence-corrected chi connectivity index (χ0v) is 20.3. The topological polar surface area (TPSA) is 92.8 Å². The summed E-state index contributed by atoms with van der Waals surface area (Å²) in [7, 11) is -3.80. The minimum atomic E-state index is -3.80. The Bertz CT molecular complexity index is 1290. The van der Waals surface area contributed by atoms with Gasteiger partial charge in [0, 0.05) is 6.54 Å². The summed E-state index contributed by atoms with van der Waals surface area (Å²) < 4.78 is 32.7. The molecular formula is C27H28N2O5S. The molecule has 7 nitrogen and oxygen atoms in total. The number of fused-ring (bicyclic) bond motifs is 1. The van der Waals surface area contributed by atoms with Gasteiger partial charge in [-0.25, -0.2) is 13.2 Å². The van der Waals surface area contributed by atoms with Crippen LogP contribution in [0.4, 0.5) is 5.69 Å². The number of anilines is 1. The monoisotopic (exact) mass is 492 g/mol. The van der Waals surface area contributed by atoms with E-state index in [-0.39, 0.29) is 29.0 Å². The van der Waals surface area contributed by atoms with Crippen LogP contribution < -0.4 is 9.62 Å².